The second-order valence-corrected chi connectivity index (χ2v) is 5.78. The van der Waals surface area contributed by atoms with Crippen LogP contribution >= 0.6 is 0 Å². The number of hydrogen-bond donors (Lipinski definition) is 0. The van der Waals surface area contributed by atoms with Crippen LogP contribution in [-0.4, -0.2) is 9.78 Å². The molecule has 0 radical (unpaired) electrons. The molecule has 3 nitrogen and oxygen atoms in total. The van der Waals surface area contributed by atoms with Crippen LogP contribution in [0.3, 0.4) is 0 Å². The highest BCUT2D eigenvalue weighted by atomic mass is 19.1. The molecule has 1 fully saturated rings. The third-order valence-electron chi connectivity index (χ3n) is 4.14. The third-order valence-corrected chi connectivity index (χ3v) is 4.14. The van der Waals surface area contributed by atoms with Gasteiger partial charge in [-0.05, 0) is 37.5 Å². The maximum Gasteiger partial charge on any atom is 0.132 e. The van der Waals surface area contributed by atoms with Gasteiger partial charge >= 0.3 is 0 Å². The first-order chi connectivity index (χ1) is 10.2. The summed E-state index contributed by atoms with van der Waals surface area (Å²) in [6.45, 7) is 2.12. The van der Waals surface area contributed by atoms with Gasteiger partial charge in [0, 0.05) is 12.3 Å². The molecule has 0 amide bonds. The molecule has 0 atom stereocenters. The largest absolute Gasteiger partial charge is 0.487 e. The van der Waals surface area contributed by atoms with Gasteiger partial charge in [-0.15, -0.1) is 0 Å². The van der Waals surface area contributed by atoms with Gasteiger partial charge in [-0.2, -0.15) is 5.10 Å². The highest BCUT2D eigenvalue weighted by Gasteiger charge is 2.16. The molecule has 1 aromatic heterocycles. The molecule has 2 aromatic rings. The Morgan fingerprint density at radius 2 is 2.05 bits per heavy atom. The zero-order valence-corrected chi connectivity index (χ0v) is 12.4. The van der Waals surface area contributed by atoms with E-state index in [-0.39, 0.29) is 5.82 Å². The summed E-state index contributed by atoms with van der Waals surface area (Å²) >= 11 is 0. The van der Waals surface area contributed by atoms with Gasteiger partial charge in [0.1, 0.15) is 18.2 Å². The Kier molecular flexibility index (Phi) is 4.23. The Labute approximate surface area is 124 Å². The predicted molar refractivity (Wildman–Crippen MR) is 79.8 cm³/mol. The summed E-state index contributed by atoms with van der Waals surface area (Å²) in [7, 11) is 0. The van der Waals surface area contributed by atoms with Crippen molar-refractivity contribution < 1.29 is 9.13 Å². The molecule has 1 saturated carbocycles. The molecule has 21 heavy (non-hydrogen) atoms. The van der Waals surface area contributed by atoms with E-state index in [1.165, 1.54) is 38.2 Å². The van der Waals surface area contributed by atoms with Crippen molar-refractivity contribution in [3.05, 3.63) is 47.5 Å². The van der Waals surface area contributed by atoms with Gasteiger partial charge in [0.2, 0.25) is 0 Å². The molecule has 0 N–H and O–H groups in total. The van der Waals surface area contributed by atoms with Gasteiger partial charge in [0.05, 0.1) is 11.7 Å². The standard InChI is InChI=1S/C17H21FN2O/c1-13-7-8-16(11-17(13)18)21-12-14-9-10-20(19-14)15-5-3-2-4-6-15/h7-11,15H,2-6,12H2,1H3. The number of benzene rings is 1. The monoisotopic (exact) mass is 288 g/mol. The van der Waals surface area contributed by atoms with Gasteiger partial charge in [0.25, 0.3) is 0 Å². The van der Waals surface area contributed by atoms with E-state index >= 15 is 0 Å². The SMILES string of the molecule is Cc1ccc(OCc2ccn(C3CCCCC3)n2)cc1F. The van der Waals surface area contributed by atoms with Gasteiger partial charge in [-0.25, -0.2) is 4.39 Å². The summed E-state index contributed by atoms with van der Waals surface area (Å²) in [6, 6.07) is 7.46. The normalized spacial score (nSPS) is 16.1. The summed E-state index contributed by atoms with van der Waals surface area (Å²) in [5.41, 5.74) is 1.52. The lowest BCUT2D eigenvalue weighted by atomic mass is 9.96. The van der Waals surface area contributed by atoms with E-state index in [4.69, 9.17) is 4.74 Å². The van der Waals surface area contributed by atoms with Crippen LogP contribution < -0.4 is 4.74 Å². The predicted octanol–water partition coefficient (Wildman–Crippen LogP) is 4.41. The second kappa shape index (κ2) is 6.29. The summed E-state index contributed by atoms with van der Waals surface area (Å²) in [4.78, 5) is 0. The van der Waals surface area contributed by atoms with Crippen molar-refractivity contribution in [2.24, 2.45) is 0 Å². The average molecular weight is 288 g/mol. The van der Waals surface area contributed by atoms with Crippen LogP contribution in [-0.2, 0) is 6.61 Å². The van der Waals surface area contributed by atoms with Crippen LogP contribution in [0.4, 0.5) is 4.39 Å². The van der Waals surface area contributed by atoms with E-state index in [0.717, 1.165) is 5.69 Å². The van der Waals surface area contributed by atoms with E-state index in [1.807, 2.05) is 12.3 Å². The summed E-state index contributed by atoms with van der Waals surface area (Å²) in [6.07, 6.45) is 8.38. The first-order valence-electron chi connectivity index (χ1n) is 7.65. The molecule has 0 spiro atoms. The van der Waals surface area contributed by atoms with Crippen LogP contribution in [0.25, 0.3) is 0 Å². The van der Waals surface area contributed by atoms with Crippen LogP contribution in [0.1, 0.15) is 49.4 Å². The Morgan fingerprint density at radius 1 is 1.24 bits per heavy atom. The van der Waals surface area contributed by atoms with Crippen LogP contribution in [0, 0.1) is 12.7 Å². The van der Waals surface area contributed by atoms with Gasteiger partial charge in [-0.1, -0.05) is 25.3 Å². The number of aryl methyl sites for hydroxylation is 1. The van der Waals surface area contributed by atoms with Crippen molar-refractivity contribution in [3.8, 4) is 5.75 Å². The zero-order valence-electron chi connectivity index (χ0n) is 12.4. The molecular weight excluding hydrogens is 267 g/mol. The number of rotatable bonds is 4. The highest BCUT2D eigenvalue weighted by molar-refractivity contribution is 5.28. The Bertz CT molecular complexity index is 603. The lowest BCUT2D eigenvalue weighted by Crippen LogP contribution is -2.13. The smallest absolute Gasteiger partial charge is 0.132 e. The van der Waals surface area contributed by atoms with Crippen molar-refractivity contribution in [3.63, 3.8) is 0 Å². The molecule has 112 valence electrons. The topological polar surface area (TPSA) is 27.1 Å². The van der Waals surface area contributed by atoms with Crippen molar-refractivity contribution >= 4 is 0 Å². The zero-order chi connectivity index (χ0) is 14.7. The van der Waals surface area contributed by atoms with Crippen molar-refractivity contribution in [1.29, 1.82) is 0 Å². The first kappa shape index (κ1) is 14.1. The fraction of sp³-hybridized carbons (Fsp3) is 0.471. The Hall–Kier alpha value is -1.84. The minimum Gasteiger partial charge on any atom is -0.487 e. The number of hydrogen-bond acceptors (Lipinski definition) is 2. The molecule has 0 bridgehead atoms. The average Bonchev–Trinajstić information content (AvgIpc) is 2.98. The van der Waals surface area contributed by atoms with E-state index in [9.17, 15) is 4.39 Å². The maximum absolute atomic E-state index is 13.5. The lowest BCUT2D eigenvalue weighted by Gasteiger charge is -2.21. The quantitative estimate of drug-likeness (QED) is 0.833. The van der Waals surface area contributed by atoms with E-state index < -0.39 is 0 Å². The number of ether oxygens (including phenoxy) is 1. The van der Waals surface area contributed by atoms with Crippen LogP contribution in [0.2, 0.25) is 0 Å². The third kappa shape index (κ3) is 3.43. The first-order valence-corrected chi connectivity index (χ1v) is 7.65. The molecule has 1 aliphatic carbocycles. The molecule has 0 aliphatic heterocycles. The van der Waals surface area contributed by atoms with Gasteiger partial charge in [-0.3, -0.25) is 4.68 Å². The molecule has 3 rings (SSSR count). The molecule has 0 unspecified atom stereocenters. The molecular formula is C17H21FN2O. The summed E-state index contributed by atoms with van der Waals surface area (Å²) in [5.74, 6) is 0.311. The number of aromatic nitrogens is 2. The van der Waals surface area contributed by atoms with Crippen LogP contribution in [0.15, 0.2) is 30.5 Å². The van der Waals surface area contributed by atoms with Crippen molar-refractivity contribution in [2.75, 3.05) is 0 Å². The summed E-state index contributed by atoms with van der Waals surface area (Å²) < 4.78 is 21.1. The maximum atomic E-state index is 13.5. The molecule has 1 aliphatic rings. The molecule has 0 saturated heterocycles. The van der Waals surface area contributed by atoms with Gasteiger partial charge in [0.15, 0.2) is 0 Å². The fourth-order valence-corrected chi connectivity index (χ4v) is 2.82. The van der Waals surface area contributed by atoms with E-state index in [0.29, 0.717) is 24.0 Å². The minimum atomic E-state index is -0.236. The number of nitrogens with zero attached hydrogens (tertiary/aromatic N) is 2. The Balaban J connectivity index is 1.60. The summed E-state index contributed by atoms with van der Waals surface area (Å²) in [5, 5.41) is 4.59. The molecule has 4 heteroatoms. The van der Waals surface area contributed by atoms with E-state index in [1.54, 1.807) is 19.1 Å². The fourth-order valence-electron chi connectivity index (χ4n) is 2.82. The minimum absolute atomic E-state index is 0.236. The van der Waals surface area contributed by atoms with Crippen molar-refractivity contribution in [2.45, 2.75) is 51.7 Å². The van der Waals surface area contributed by atoms with E-state index in [2.05, 4.69) is 9.78 Å². The van der Waals surface area contributed by atoms with Gasteiger partial charge < -0.3 is 4.74 Å². The highest BCUT2D eigenvalue weighted by Crippen LogP contribution is 2.27. The number of halogens is 1. The Morgan fingerprint density at radius 3 is 2.81 bits per heavy atom. The lowest BCUT2D eigenvalue weighted by molar-refractivity contribution is 0.289. The second-order valence-electron chi connectivity index (χ2n) is 5.78. The molecule has 1 aromatic carbocycles. The molecule has 1 heterocycles. The van der Waals surface area contributed by atoms with Crippen LogP contribution in [0.5, 0.6) is 5.75 Å². The van der Waals surface area contributed by atoms with Crippen molar-refractivity contribution in [1.82, 2.24) is 9.78 Å².